The highest BCUT2D eigenvalue weighted by Crippen LogP contribution is 2.12. The van der Waals surface area contributed by atoms with Gasteiger partial charge in [0.05, 0.1) is 0 Å². The van der Waals surface area contributed by atoms with Crippen LogP contribution in [0.3, 0.4) is 0 Å². The molecule has 0 radical (unpaired) electrons. The van der Waals surface area contributed by atoms with Crippen LogP contribution in [-0.4, -0.2) is 123 Å². The molecular weight excluding hydrogens is 686 g/mol. The second-order valence-electron chi connectivity index (χ2n) is 12.3. The normalized spacial score (nSPS) is 15.6. The first-order valence-corrected chi connectivity index (χ1v) is 17.8. The van der Waals surface area contributed by atoms with Gasteiger partial charge in [-0.2, -0.15) is 0 Å². The molecule has 7 unspecified atom stereocenters. The summed E-state index contributed by atoms with van der Waals surface area (Å²) < 4.78 is 10.1. The fraction of sp³-hybridized carbons (Fsp3) is 0.706. The van der Waals surface area contributed by atoms with Gasteiger partial charge in [-0.3, -0.25) is 45.8 Å². The maximum atomic E-state index is 12.1. The van der Waals surface area contributed by atoms with Gasteiger partial charge in [0.1, 0.15) is 36.3 Å². The summed E-state index contributed by atoms with van der Waals surface area (Å²) in [7, 11) is 0. The highest BCUT2D eigenvalue weighted by atomic mass is 16.6. The third-order valence-electron chi connectivity index (χ3n) is 7.94. The van der Waals surface area contributed by atoms with E-state index in [0.29, 0.717) is 57.6 Å². The van der Waals surface area contributed by atoms with Crippen LogP contribution in [0.2, 0.25) is 0 Å². The average molecular weight is 746 g/mol. The zero-order chi connectivity index (χ0) is 38.7. The molecule has 18 heteroatoms. The first kappa shape index (κ1) is 46.7. The minimum absolute atomic E-state index is 0.0283. The van der Waals surface area contributed by atoms with Gasteiger partial charge in [-0.1, -0.05) is 43.9 Å². The van der Waals surface area contributed by atoms with Gasteiger partial charge in [0.25, 0.3) is 0 Å². The van der Waals surface area contributed by atoms with Crippen LogP contribution < -0.4 is 31.3 Å². The second kappa shape index (κ2) is 28.2. The van der Waals surface area contributed by atoms with Crippen molar-refractivity contribution in [2.45, 2.75) is 134 Å². The van der Waals surface area contributed by atoms with Crippen LogP contribution in [-0.2, 0) is 23.9 Å². The Labute approximate surface area is 304 Å². The summed E-state index contributed by atoms with van der Waals surface area (Å²) in [4.78, 5) is 47.0. The molecule has 7 atom stereocenters. The quantitative estimate of drug-likeness (QED) is 0.0198. The van der Waals surface area contributed by atoms with Crippen molar-refractivity contribution in [3.05, 3.63) is 30.3 Å². The van der Waals surface area contributed by atoms with E-state index in [1.165, 1.54) is 0 Å². The predicted octanol–water partition coefficient (Wildman–Crippen LogP) is 0.196. The molecule has 1 rings (SSSR count). The SMILES string of the molecule is CCOC(O)NCCCCC(NC(O)CCCCCCCNC(O)CCC(NC(O)NC(CCC(=O)Oc1ccccc1)C(=O)O)C(=O)O)C(=O)O. The topological polar surface area (TPSA) is 288 Å². The van der Waals surface area contributed by atoms with Crippen molar-refractivity contribution in [3.8, 4) is 5.75 Å². The number of hydrogen-bond donors (Lipinski definition) is 12. The maximum absolute atomic E-state index is 12.1. The van der Waals surface area contributed by atoms with Crippen LogP contribution in [0.4, 0.5) is 0 Å². The maximum Gasteiger partial charge on any atom is 0.320 e. The van der Waals surface area contributed by atoms with Gasteiger partial charge in [-0.15, -0.1) is 0 Å². The van der Waals surface area contributed by atoms with Gasteiger partial charge in [-0.05, 0) is 83.5 Å². The highest BCUT2D eigenvalue weighted by molar-refractivity contribution is 5.76. The molecule has 0 aromatic heterocycles. The fourth-order valence-electron chi connectivity index (χ4n) is 5.12. The molecule has 12 N–H and O–H groups in total. The smallest absolute Gasteiger partial charge is 0.320 e. The van der Waals surface area contributed by atoms with Crippen molar-refractivity contribution >= 4 is 23.9 Å². The number of carbonyl (C=O) groups excluding carboxylic acids is 1. The summed E-state index contributed by atoms with van der Waals surface area (Å²) in [6.45, 7) is 3.06. The summed E-state index contributed by atoms with van der Waals surface area (Å²) in [5, 5.41) is 81.9. The molecule has 0 fully saturated rings. The standard InChI is InChI=1S/C34H59N5O13/c1-2-51-34(50)36-22-12-10-15-24(30(43)44)37-28(41)16-9-4-3-5-11-21-35-27(40)19-17-25(31(45)46)38-33(49)39-26(32(47)48)18-20-29(42)52-23-13-7-6-8-14-23/h6-8,13-14,24-28,33-41,49-50H,2-5,9-12,15-22H2,1H3,(H,43,44)(H,45,46)(H,47,48). The molecule has 0 amide bonds. The molecule has 0 aliphatic rings. The number of nitrogens with one attached hydrogen (secondary N) is 5. The molecule has 0 aliphatic carbocycles. The Hall–Kier alpha value is -3.30. The molecule has 18 nitrogen and oxygen atoms in total. The van der Waals surface area contributed by atoms with Crippen LogP contribution in [0, 0.1) is 0 Å². The summed E-state index contributed by atoms with van der Waals surface area (Å²) >= 11 is 0. The number of benzene rings is 1. The molecule has 0 spiro atoms. The van der Waals surface area contributed by atoms with Gasteiger partial charge in [0, 0.05) is 13.0 Å². The van der Waals surface area contributed by atoms with E-state index in [0.717, 1.165) is 25.7 Å². The Morgan fingerprint density at radius 2 is 1.15 bits per heavy atom. The summed E-state index contributed by atoms with van der Waals surface area (Å²) in [5.74, 6) is -4.07. The summed E-state index contributed by atoms with van der Waals surface area (Å²) in [6, 6.07) is 4.65. The van der Waals surface area contributed by atoms with E-state index in [2.05, 4.69) is 26.6 Å². The Kier molecular flexibility index (Phi) is 25.4. The number of aliphatic hydroxyl groups is 4. The molecule has 0 aliphatic heterocycles. The van der Waals surface area contributed by atoms with E-state index < -0.39 is 67.2 Å². The molecule has 298 valence electrons. The minimum atomic E-state index is -1.73. The summed E-state index contributed by atoms with van der Waals surface area (Å²) in [5.41, 5.74) is 0. The first-order chi connectivity index (χ1) is 24.8. The van der Waals surface area contributed by atoms with E-state index >= 15 is 0 Å². The van der Waals surface area contributed by atoms with Crippen molar-refractivity contribution in [2.24, 2.45) is 0 Å². The number of esters is 1. The van der Waals surface area contributed by atoms with E-state index in [-0.39, 0.29) is 25.7 Å². The number of unbranched alkanes of at least 4 members (excludes halogenated alkanes) is 5. The largest absolute Gasteiger partial charge is 0.480 e. The van der Waals surface area contributed by atoms with Gasteiger partial charge in [-0.25, -0.2) is 0 Å². The number of hydrogen-bond acceptors (Lipinski definition) is 15. The monoisotopic (exact) mass is 745 g/mol. The Balaban J connectivity index is 2.23. The lowest BCUT2D eigenvalue weighted by Crippen LogP contribution is -2.55. The molecule has 1 aromatic rings. The lowest BCUT2D eigenvalue weighted by molar-refractivity contribution is -0.143. The molecule has 1 aromatic carbocycles. The number of aliphatic carboxylic acids is 3. The Morgan fingerprint density at radius 3 is 1.79 bits per heavy atom. The number of carboxylic acids is 3. The third-order valence-corrected chi connectivity index (χ3v) is 7.94. The molecule has 0 bridgehead atoms. The number of aliphatic hydroxyl groups excluding tert-OH is 4. The lowest BCUT2D eigenvalue weighted by atomic mass is 10.1. The van der Waals surface area contributed by atoms with E-state index in [9.17, 15) is 54.9 Å². The number of para-hydroxylation sites is 1. The van der Waals surface area contributed by atoms with Crippen LogP contribution >= 0.6 is 0 Å². The fourth-order valence-corrected chi connectivity index (χ4v) is 5.12. The molecule has 0 heterocycles. The molecule has 0 saturated carbocycles. The molecular formula is C34H59N5O13. The van der Waals surface area contributed by atoms with E-state index in [4.69, 9.17) is 9.47 Å². The van der Waals surface area contributed by atoms with Crippen molar-refractivity contribution in [2.75, 3.05) is 19.7 Å². The van der Waals surface area contributed by atoms with Crippen LogP contribution in [0.1, 0.15) is 90.4 Å². The van der Waals surface area contributed by atoms with Gasteiger partial charge in [0.2, 0.25) is 6.41 Å². The van der Waals surface area contributed by atoms with Crippen molar-refractivity contribution in [1.29, 1.82) is 0 Å². The summed E-state index contributed by atoms with van der Waals surface area (Å²) in [6.07, 6.45) is 0.554. The lowest BCUT2D eigenvalue weighted by Gasteiger charge is -2.24. The zero-order valence-electron chi connectivity index (χ0n) is 29.8. The highest BCUT2D eigenvalue weighted by Gasteiger charge is 2.26. The zero-order valence-corrected chi connectivity index (χ0v) is 29.8. The van der Waals surface area contributed by atoms with Gasteiger partial charge >= 0.3 is 23.9 Å². The number of carboxylic acid groups (broad SMARTS) is 3. The molecule has 0 saturated heterocycles. The minimum Gasteiger partial charge on any atom is -0.480 e. The van der Waals surface area contributed by atoms with Crippen LogP contribution in [0.15, 0.2) is 30.3 Å². The van der Waals surface area contributed by atoms with Crippen LogP contribution in [0.25, 0.3) is 0 Å². The Bertz CT molecular complexity index is 1140. The van der Waals surface area contributed by atoms with Gasteiger partial charge in [0.15, 0.2) is 6.35 Å². The Morgan fingerprint density at radius 1 is 0.615 bits per heavy atom. The predicted molar refractivity (Wildman–Crippen MR) is 187 cm³/mol. The van der Waals surface area contributed by atoms with Crippen molar-refractivity contribution in [3.63, 3.8) is 0 Å². The third kappa shape index (κ3) is 23.3. The van der Waals surface area contributed by atoms with Crippen LogP contribution in [0.5, 0.6) is 5.75 Å². The van der Waals surface area contributed by atoms with E-state index in [1.54, 1.807) is 37.3 Å². The number of rotatable bonds is 33. The van der Waals surface area contributed by atoms with Crippen molar-refractivity contribution < 1.29 is 64.4 Å². The van der Waals surface area contributed by atoms with Crippen molar-refractivity contribution in [1.82, 2.24) is 26.6 Å². The molecule has 52 heavy (non-hydrogen) atoms. The first-order valence-electron chi connectivity index (χ1n) is 17.8. The average Bonchev–Trinajstić information content (AvgIpc) is 3.09. The van der Waals surface area contributed by atoms with E-state index in [1.807, 2.05) is 0 Å². The van der Waals surface area contributed by atoms with Gasteiger partial charge < -0.3 is 45.2 Å². The second-order valence-corrected chi connectivity index (χ2v) is 12.3. The number of carbonyl (C=O) groups is 4. The number of ether oxygens (including phenoxy) is 2.